The summed E-state index contributed by atoms with van der Waals surface area (Å²) >= 11 is 0. The van der Waals surface area contributed by atoms with Crippen molar-refractivity contribution in [3.05, 3.63) is 23.9 Å². The number of rotatable bonds is 2. The number of anilines is 1. The van der Waals surface area contributed by atoms with Gasteiger partial charge in [-0.1, -0.05) is 0 Å². The van der Waals surface area contributed by atoms with E-state index in [0.717, 1.165) is 32.0 Å². The molecule has 20 heavy (non-hydrogen) atoms. The van der Waals surface area contributed by atoms with Crippen LogP contribution in [0.1, 0.15) is 31.1 Å². The molecular formula is C15H23N3O2. The first-order chi connectivity index (χ1) is 9.35. The average Bonchev–Trinajstić information content (AvgIpc) is 2.38. The van der Waals surface area contributed by atoms with Crippen molar-refractivity contribution in [2.45, 2.75) is 26.4 Å². The predicted molar refractivity (Wildman–Crippen MR) is 79.1 cm³/mol. The molecule has 0 aliphatic carbocycles. The highest BCUT2D eigenvalue weighted by molar-refractivity contribution is 5.89. The number of likely N-dealkylation sites (N-methyl/N-ethyl adjacent to an activating group) is 1. The van der Waals surface area contributed by atoms with E-state index in [2.05, 4.69) is 21.8 Å². The molecule has 1 aliphatic rings. The normalized spacial score (nSPS) is 17.1. The van der Waals surface area contributed by atoms with Crippen molar-refractivity contribution in [1.82, 2.24) is 9.88 Å². The lowest BCUT2D eigenvalue weighted by Crippen LogP contribution is -2.44. The smallest absolute Gasteiger partial charge is 0.340 e. The molecule has 1 saturated heterocycles. The molecule has 1 fully saturated rings. The number of carbonyl (C=O) groups excluding carboxylic acids is 1. The molecule has 1 aromatic heterocycles. The lowest BCUT2D eigenvalue weighted by atomic mass is 10.2. The van der Waals surface area contributed by atoms with Crippen LogP contribution in [0.5, 0.6) is 0 Å². The lowest BCUT2D eigenvalue weighted by Gasteiger charge is -2.33. The zero-order chi connectivity index (χ0) is 14.8. The Kier molecular flexibility index (Phi) is 4.28. The summed E-state index contributed by atoms with van der Waals surface area (Å²) in [5.74, 6) is 0.598. The standard InChI is InChI=1S/C15H23N3O2/c1-15(2,3)20-14(19)12-5-6-13(16-11-12)18-9-7-17(4)8-10-18/h5-6,11H,7-10H2,1-4H3. The van der Waals surface area contributed by atoms with E-state index in [0.29, 0.717) is 5.56 Å². The number of hydrogen-bond donors (Lipinski definition) is 0. The highest BCUT2D eigenvalue weighted by Crippen LogP contribution is 2.16. The summed E-state index contributed by atoms with van der Waals surface area (Å²) in [6, 6.07) is 3.68. The molecule has 1 aromatic rings. The summed E-state index contributed by atoms with van der Waals surface area (Å²) in [6.45, 7) is 9.58. The van der Waals surface area contributed by atoms with Gasteiger partial charge in [-0.25, -0.2) is 9.78 Å². The number of nitrogens with zero attached hydrogens (tertiary/aromatic N) is 3. The minimum atomic E-state index is -0.479. The molecule has 0 N–H and O–H groups in total. The van der Waals surface area contributed by atoms with Crippen LogP contribution in [0.25, 0.3) is 0 Å². The highest BCUT2D eigenvalue weighted by Gasteiger charge is 2.19. The van der Waals surface area contributed by atoms with Crippen LogP contribution in [-0.2, 0) is 4.74 Å². The van der Waals surface area contributed by atoms with E-state index in [-0.39, 0.29) is 5.97 Å². The van der Waals surface area contributed by atoms with Gasteiger partial charge in [0.2, 0.25) is 0 Å². The first-order valence-electron chi connectivity index (χ1n) is 6.98. The molecule has 0 saturated carbocycles. The van der Waals surface area contributed by atoms with Crippen molar-refractivity contribution in [3.63, 3.8) is 0 Å². The van der Waals surface area contributed by atoms with Crippen molar-refractivity contribution in [3.8, 4) is 0 Å². The first-order valence-corrected chi connectivity index (χ1v) is 6.98. The number of aromatic nitrogens is 1. The summed E-state index contributed by atoms with van der Waals surface area (Å²) in [7, 11) is 2.12. The molecule has 0 bridgehead atoms. The predicted octanol–water partition coefficient (Wildman–Crippen LogP) is 1.79. The first kappa shape index (κ1) is 14.8. The molecule has 2 heterocycles. The SMILES string of the molecule is CN1CCN(c2ccc(C(=O)OC(C)(C)C)cn2)CC1. The van der Waals surface area contributed by atoms with Gasteiger partial charge in [0.05, 0.1) is 5.56 Å². The molecule has 110 valence electrons. The Morgan fingerprint density at radius 1 is 1.20 bits per heavy atom. The Morgan fingerprint density at radius 2 is 1.85 bits per heavy atom. The van der Waals surface area contributed by atoms with Gasteiger partial charge in [-0.2, -0.15) is 0 Å². The second kappa shape index (κ2) is 5.79. The molecule has 5 nitrogen and oxygen atoms in total. The molecule has 0 spiro atoms. The fraction of sp³-hybridized carbons (Fsp3) is 0.600. The maximum atomic E-state index is 11.9. The van der Waals surface area contributed by atoms with Crippen LogP contribution in [0.2, 0.25) is 0 Å². The molecule has 0 aromatic carbocycles. The largest absolute Gasteiger partial charge is 0.456 e. The van der Waals surface area contributed by atoms with Crippen molar-refractivity contribution in [2.24, 2.45) is 0 Å². The Balaban J connectivity index is 2.01. The van der Waals surface area contributed by atoms with Gasteiger partial charge in [0.1, 0.15) is 11.4 Å². The number of ether oxygens (including phenoxy) is 1. The second-order valence-electron chi connectivity index (χ2n) is 6.20. The summed E-state index contributed by atoms with van der Waals surface area (Å²) < 4.78 is 5.32. The Labute approximate surface area is 120 Å². The maximum Gasteiger partial charge on any atom is 0.340 e. The van der Waals surface area contributed by atoms with Gasteiger partial charge in [-0.15, -0.1) is 0 Å². The number of hydrogen-bond acceptors (Lipinski definition) is 5. The van der Waals surface area contributed by atoms with Gasteiger partial charge >= 0.3 is 5.97 Å². The third-order valence-corrected chi connectivity index (χ3v) is 3.21. The lowest BCUT2D eigenvalue weighted by molar-refractivity contribution is 0.00691. The van der Waals surface area contributed by atoms with Crippen molar-refractivity contribution < 1.29 is 9.53 Å². The monoisotopic (exact) mass is 277 g/mol. The average molecular weight is 277 g/mol. The van der Waals surface area contributed by atoms with Crippen LogP contribution in [0.3, 0.4) is 0 Å². The van der Waals surface area contributed by atoms with Crippen LogP contribution in [0.15, 0.2) is 18.3 Å². The zero-order valence-corrected chi connectivity index (χ0v) is 12.7. The summed E-state index contributed by atoms with van der Waals surface area (Å²) in [5.41, 5.74) is 0.0190. The van der Waals surface area contributed by atoms with Crippen molar-refractivity contribution in [2.75, 3.05) is 38.1 Å². The van der Waals surface area contributed by atoms with Gasteiger partial charge in [-0.3, -0.25) is 0 Å². The van der Waals surface area contributed by atoms with E-state index in [1.807, 2.05) is 26.8 Å². The van der Waals surface area contributed by atoms with Gasteiger partial charge < -0.3 is 14.5 Å². The zero-order valence-electron chi connectivity index (χ0n) is 12.7. The molecule has 0 unspecified atom stereocenters. The van der Waals surface area contributed by atoms with Crippen LogP contribution in [0.4, 0.5) is 5.82 Å². The topological polar surface area (TPSA) is 45.7 Å². The molecule has 0 amide bonds. The fourth-order valence-electron chi connectivity index (χ4n) is 2.07. The molecular weight excluding hydrogens is 254 g/mol. The third-order valence-electron chi connectivity index (χ3n) is 3.21. The number of piperazine rings is 1. The minimum Gasteiger partial charge on any atom is -0.456 e. The van der Waals surface area contributed by atoms with E-state index >= 15 is 0 Å². The molecule has 5 heteroatoms. The van der Waals surface area contributed by atoms with Crippen LogP contribution in [-0.4, -0.2) is 54.7 Å². The Morgan fingerprint density at radius 3 is 2.35 bits per heavy atom. The molecule has 2 rings (SSSR count). The molecule has 0 radical (unpaired) electrons. The quantitative estimate of drug-likeness (QED) is 0.771. The fourth-order valence-corrected chi connectivity index (χ4v) is 2.07. The van der Waals surface area contributed by atoms with E-state index < -0.39 is 5.60 Å². The number of esters is 1. The van der Waals surface area contributed by atoms with Gasteiger partial charge in [0.15, 0.2) is 0 Å². The van der Waals surface area contributed by atoms with Crippen LogP contribution < -0.4 is 4.90 Å². The van der Waals surface area contributed by atoms with Gasteiger partial charge in [-0.05, 0) is 40.0 Å². The van der Waals surface area contributed by atoms with E-state index in [1.165, 1.54) is 0 Å². The number of carbonyl (C=O) groups is 1. The summed E-state index contributed by atoms with van der Waals surface area (Å²) in [5, 5.41) is 0. The highest BCUT2D eigenvalue weighted by atomic mass is 16.6. The summed E-state index contributed by atoms with van der Waals surface area (Å²) in [6.07, 6.45) is 1.60. The van der Waals surface area contributed by atoms with Crippen LogP contribution >= 0.6 is 0 Å². The van der Waals surface area contributed by atoms with Crippen molar-refractivity contribution in [1.29, 1.82) is 0 Å². The Hall–Kier alpha value is -1.62. The minimum absolute atomic E-state index is 0.324. The summed E-state index contributed by atoms with van der Waals surface area (Å²) in [4.78, 5) is 20.8. The van der Waals surface area contributed by atoms with E-state index in [1.54, 1.807) is 12.3 Å². The Bertz CT molecular complexity index is 457. The van der Waals surface area contributed by atoms with Gasteiger partial charge in [0, 0.05) is 32.4 Å². The van der Waals surface area contributed by atoms with E-state index in [4.69, 9.17) is 4.74 Å². The van der Waals surface area contributed by atoms with Crippen LogP contribution in [0, 0.1) is 0 Å². The molecule has 0 atom stereocenters. The molecule has 1 aliphatic heterocycles. The van der Waals surface area contributed by atoms with Gasteiger partial charge in [0.25, 0.3) is 0 Å². The van der Waals surface area contributed by atoms with Crippen molar-refractivity contribution >= 4 is 11.8 Å². The number of pyridine rings is 1. The second-order valence-corrected chi connectivity index (χ2v) is 6.20. The maximum absolute atomic E-state index is 11.9. The third kappa shape index (κ3) is 3.93. The van der Waals surface area contributed by atoms with E-state index in [9.17, 15) is 4.79 Å².